The summed E-state index contributed by atoms with van der Waals surface area (Å²) in [5, 5.41) is 13.7. The fraction of sp³-hybridized carbons (Fsp3) is 0.429. The molecule has 0 N–H and O–H groups in total. The Bertz CT molecular complexity index is 1130. The Hall–Kier alpha value is -2.67. The molecule has 0 unspecified atom stereocenters. The minimum atomic E-state index is -0.552. The number of anilines is 1. The summed E-state index contributed by atoms with van der Waals surface area (Å²) in [5.74, 6) is 2.13. The van der Waals surface area contributed by atoms with Gasteiger partial charge in [-0.05, 0) is 37.7 Å². The van der Waals surface area contributed by atoms with Crippen molar-refractivity contribution in [2.75, 3.05) is 18.0 Å². The molecule has 1 aliphatic carbocycles. The summed E-state index contributed by atoms with van der Waals surface area (Å²) in [6, 6.07) is 7.74. The van der Waals surface area contributed by atoms with Crippen molar-refractivity contribution in [3.8, 4) is 5.75 Å². The lowest BCUT2D eigenvalue weighted by atomic mass is 9.74. The predicted molar refractivity (Wildman–Crippen MR) is 107 cm³/mol. The third kappa shape index (κ3) is 2.56. The number of fused-ring (bicyclic) bond motifs is 3. The zero-order valence-electron chi connectivity index (χ0n) is 15.8. The van der Waals surface area contributed by atoms with Crippen LogP contribution < -0.4 is 9.64 Å². The van der Waals surface area contributed by atoms with Crippen LogP contribution in [0.4, 0.5) is 5.69 Å². The maximum Gasteiger partial charge on any atom is 0.322 e. The van der Waals surface area contributed by atoms with E-state index in [0.717, 1.165) is 23.5 Å². The number of hydrogen-bond donors (Lipinski definition) is 0. The summed E-state index contributed by atoms with van der Waals surface area (Å²) in [6.07, 6.45) is 6.57. The first-order chi connectivity index (χ1) is 14.2. The van der Waals surface area contributed by atoms with Crippen molar-refractivity contribution in [3.63, 3.8) is 0 Å². The van der Waals surface area contributed by atoms with Crippen molar-refractivity contribution in [1.29, 1.82) is 0 Å². The molecule has 0 amide bonds. The van der Waals surface area contributed by atoms with Gasteiger partial charge in [-0.15, -0.1) is 10.2 Å². The van der Waals surface area contributed by atoms with Crippen LogP contribution in [0.15, 0.2) is 30.5 Å². The van der Waals surface area contributed by atoms with Crippen LogP contribution >= 0.6 is 11.6 Å². The van der Waals surface area contributed by atoms with Gasteiger partial charge in [0.15, 0.2) is 11.5 Å². The van der Waals surface area contributed by atoms with Gasteiger partial charge < -0.3 is 9.64 Å². The van der Waals surface area contributed by atoms with Crippen molar-refractivity contribution in [2.24, 2.45) is 5.92 Å². The van der Waals surface area contributed by atoms with E-state index in [1.165, 1.54) is 12.8 Å². The lowest BCUT2D eigenvalue weighted by Crippen LogP contribution is -2.46. The summed E-state index contributed by atoms with van der Waals surface area (Å²) >= 11 is 6.70. The van der Waals surface area contributed by atoms with Crippen LogP contribution in [-0.4, -0.2) is 38.9 Å². The van der Waals surface area contributed by atoms with E-state index in [4.69, 9.17) is 16.3 Å². The van der Waals surface area contributed by atoms with E-state index in [1.807, 2.05) is 24.3 Å². The monoisotopic (exact) mass is 409 g/mol. The highest BCUT2D eigenvalue weighted by atomic mass is 35.5. The van der Waals surface area contributed by atoms with Crippen LogP contribution in [0.25, 0.3) is 5.65 Å². The van der Waals surface area contributed by atoms with Gasteiger partial charge in [-0.2, -0.15) is 9.61 Å². The van der Waals surface area contributed by atoms with Gasteiger partial charge in [0.05, 0.1) is 11.9 Å². The molecule has 3 aromatic rings. The smallest absolute Gasteiger partial charge is 0.322 e. The minimum Gasteiger partial charge on any atom is -0.426 e. The fourth-order valence-corrected chi connectivity index (χ4v) is 4.93. The van der Waals surface area contributed by atoms with Crippen LogP contribution in [0.1, 0.15) is 37.1 Å². The lowest BCUT2D eigenvalue weighted by Gasteiger charge is -2.38. The molecule has 7 nitrogen and oxygen atoms in total. The van der Waals surface area contributed by atoms with Crippen molar-refractivity contribution in [1.82, 2.24) is 19.8 Å². The van der Waals surface area contributed by atoms with Gasteiger partial charge in [0.1, 0.15) is 16.2 Å². The number of esters is 1. The maximum absolute atomic E-state index is 12.7. The number of aromatic nitrogens is 4. The lowest BCUT2D eigenvalue weighted by molar-refractivity contribution is -0.139. The number of carbonyl (C=O) groups is 1. The summed E-state index contributed by atoms with van der Waals surface area (Å²) < 4.78 is 7.31. The van der Waals surface area contributed by atoms with E-state index in [1.54, 1.807) is 10.7 Å². The number of rotatable bonds is 3. The largest absolute Gasteiger partial charge is 0.426 e. The molecular formula is C21H20ClN5O2. The Kier molecular flexibility index (Phi) is 3.66. The van der Waals surface area contributed by atoms with E-state index in [9.17, 15) is 4.79 Å². The molecule has 29 heavy (non-hydrogen) atoms. The summed E-state index contributed by atoms with van der Waals surface area (Å²) in [7, 11) is 0. The van der Waals surface area contributed by atoms with Gasteiger partial charge in [-0.3, -0.25) is 4.79 Å². The quantitative estimate of drug-likeness (QED) is 0.488. The van der Waals surface area contributed by atoms with E-state index in [2.05, 4.69) is 20.2 Å². The third-order valence-corrected chi connectivity index (χ3v) is 6.91. The highest BCUT2D eigenvalue weighted by molar-refractivity contribution is 6.36. The highest BCUT2D eigenvalue weighted by Gasteiger charge is 2.50. The second-order valence-corrected chi connectivity index (χ2v) is 8.68. The Morgan fingerprint density at radius 1 is 1.17 bits per heavy atom. The molecule has 2 aromatic heterocycles. The van der Waals surface area contributed by atoms with E-state index in [0.29, 0.717) is 48.3 Å². The SMILES string of the molecule is O=C1Oc2ccccc2C12CCN(c1cnn3c(CC4CC4)nnc3c1Cl)CC2. The zero-order chi connectivity index (χ0) is 19.6. The normalized spacial score (nSPS) is 20.3. The number of piperidine rings is 1. The average Bonchev–Trinajstić information content (AvgIpc) is 3.40. The molecular weight excluding hydrogens is 390 g/mol. The van der Waals surface area contributed by atoms with E-state index in [-0.39, 0.29) is 5.97 Å². The molecule has 0 radical (unpaired) electrons. The fourth-order valence-electron chi connectivity index (χ4n) is 4.64. The van der Waals surface area contributed by atoms with Gasteiger partial charge >= 0.3 is 5.97 Å². The number of benzene rings is 1. The first kappa shape index (κ1) is 17.2. The Balaban J connectivity index is 1.28. The molecule has 1 saturated heterocycles. The standard InChI is InChI=1S/C21H20ClN5O2/c22-18-15(12-23-27-17(11-13-5-6-13)24-25-19(18)27)26-9-7-21(8-10-26)14-3-1-2-4-16(14)29-20(21)28/h1-4,12-13H,5-11H2. The molecule has 1 aromatic carbocycles. The Morgan fingerprint density at radius 2 is 1.97 bits per heavy atom. The molecule has 148 valence electrons. The van der Waals surface area contributed by atoms with Crippen molar-refractivity contribution in [2.45, 2.75) is 37.5 Å². The first-order valence-electron chi connectivity index (χ1n) is 10.1. The zero-order valence-corrected chi connectivity index (χ0v) is 16.6. The van der Waals surface area contributed by atoms with Crippen LogP contribution in [0, 0.1) is 5.92 Å². The minimum absolute atomic E-state index is 0.139. The molecule has 0 bridgehead atoms. The second-order valence-electron chi connectivity index (χ2n) is 8.30. The number of carbonyl (C=O) groups excluding carboxylic acids is 1. The molecule has 1 saturated carbocycles. The third-order valence-electron chi connectivity index (χ3n) is 6.54. The number of hydrogen-bond acceptors (Lipinski definition) is 6. The summed E-state index contributed by atoms with van der Waals surface area (Å²) in [4.78, 5) is 14.9. The molecule has 2 aliphatic heterocycles. The van der Waals surface area contributed by atoms with Gasteiger partial charge in [0, 0.05) is 25.1 Å². The number of halogens is 1. The van der Waals surface area contributed by atoms with Crippen LogP contribution in [0.3, 0.4) is 0 Å². The predicted octanol–water partition coefficient (Wildman–Crippen LogP) is 3.19. The van der Waals surface area contributed by atoms with Crippen LogP contribution in [-0.2, 0) is 16.6 Å². The van der Waals surface area contributed by atoms with Gasteiger partial charge in [0.2, 0.25) is 0 Å². The Labute approximate surface area is 172 Å². The van der Waals surface area contributed by atoms with Crippen molar-refractivity contribution in [3.05, 3.63) is 46.9 Å². The highest BCUT2D eigenvalue weighted by Crippen LogP contribution is 2.47. The van der Waals surface area contributed by atoms with E-state index >= 15 is 0 Å². The number of para-hydroxylation sites is 1. The number of ether oxygens (including phenoxy) is 1. The summed E-state index contributed by atoms with van der Waals surface area (Å²) in [6.45, 7) is 1.40. The molecule has 8 heteroatoms. The van der Waals surface area contributed by atoms with Crippen LogP contribution in [0.5, 0.6) is 5.75 Å². The summed E-state index contributed by atoms with van der Waals surface area (Å²) in [5.41, 5.74) is 1.90. The molecule has 4 heterocycles. The van der Waals surface area contributed by atoms with Crippen LogP contribution in [0.2, 0.25) is 5.02 Å². The molecule has 3 aliphatic rings. The molecule has 2 fully saturated rings. The van der Waals surface area contributed by atoms with Gasteiger partial charge in [-0.1, -0.05) is 29.8 Å². The number of nitrogens with zero attached hydrogens (tertiary/aromatic N) is 5. The van der Waals surface area contributed by atoms with Gasteiger partial charge in [0.25, 0.3) is 0 Å². The molecule has 0 atom stereocenters. The average molecular weight is 410 g/mol. The molecule has 1 spiro atoms. The maximum atomic E-state index is 12.7. The van der Waals surface area contributed by atoms with Crippen molar-refractivity contribution >= 4 is 28.9 Å². The second kappa shape index (κ2) is 6.16. The molecule has 6 rings (SSSR count). The van der Waals surface area contributed by atoms with Gasteiger partial charge in [-0.25, -0.2) is 0 Å². The Morgan fingerprint density at radius 3 is 2.76 bits per heavy atom. The topological polar surface area (TPSA) is 72.6 Å². The first-order valence-corrected chi connectivity index (χ1v) is 10.5. The van der Waals surface area contributed by atoms with E-state index < -0.39 is 5.41 Å². The van der Waals surface area contributed by atoms with Crippen molar-refractivity contribution < 1.29 is 9.53 Å².